The molecule has 0 aliphatic carbocycles. The fourth-order valence-electron chi connectivity index (χ4n) is 2.13. The average Bonchev–Trinajstić information content (AvgIpc) is 3.09. The number of anilines is 1. The molecule has 124 valence electrons. The van der Waals surface area contributed by atoms with E-state index in [1.165, 1.54) is 4.88 Å². The number of ether oxygens (including phenoxy) is 1. The van der Waals surface area contributed by atoms with Gasteiger partial charge in [-0.3, -0.25) is 0 Å². The number of phenols is 1. The van der Waals surface area contributed by atoms with Gasteiger partial charge in [-0.1, -0.05) is 18.2 Å². The lowest BCUT2D eigenvalue weighted by Gasteiger charge is -2.08. The first kappa shape index (κ1) is 16.2. The second-order valence-electron chi connectivity index (χ2n) is 5.07. The molecule has 0 radical (unpaired) electrons. The summed E-state index contributed by atoms with van der Waals surface area (Å²) in [6.07, 6.45) is 0.538. The Bertz CT molecular complexity index is 776. The Balaban J connectivity index is 1.77. The molecule has 0 amide bonds. The number of hydrogen-bond acceptors (Lipinski definition) is 7. The van der Waals surface area contributed by atoms with E-state index >= 15 is 0 Å². The minimum absolute atomic E-state index is 0.239. The number of nitrogens with one attached hydrogen (secondary N) is 1. The Kier molecular flexibility index (Phi) is 5.22. The molecular formula is C17H18N4O2S. The van der Waals surface area contributed by atoms with Crippen LogP contribution in [0.2, 0.25) is 0 Å². The molecule has 2 aromatic heterocycles. The van der Waals surface area contributed by atoms with E-state index in [4.69, 9.17) is 4.74 Å². The van der Waals surface area contributed by atoms with E-state index < -0.39 is 0 Å². The Labute approximate surface area is 144 Å². The summed E-state index contributed by atoms with van der Waals surface area (Å²) in [5.41, 5.74) is 1.01. The lowest BCUT2D eigenvalue weighted by molar-refractivity contribution is 0.310. The molecule has 7 heteroatoms. The molecule has 24 heavy (non-hydrogen) atoms. The van der Waals surface area contributed by atoms with E-state index in [9.17, 15) is 5.11 Å². The number of nitrogens with zero attached hydrogens (tertiary/aromatic N) is 3. The molecule has 0 aliphatic heterocycles. The van der Waals surface area contributed by atoms with Gasteiger partial charge in [-0.2, -0.15) is 15.0 Å². The highest BCUT2D eigenvalue weighted by atomic mass is 32.1. The van der Waals surface area contributed by atoms with Crippen molar-refractivity contribution < 1.29 is 9.84 Å². The first-order chi connectivity index (χ1) is 11.7. The number of benzene rings is 1. The van der Waals surface area contributed by atoms with Gasteiger partial charge in [-0.15, -0.1) is 11.3 Å². The Morgan fingerprint density at radius 1 is 1.12 bits per heavy atom. The van der Waals surface area contributed by atoms with Crippen LogP contribution < -0.4 is 10.1 Å². The van der Waals surface area contributed by atoms with Gasteiger partial charge in [0.05, 0.1) is 13.2 Å². The summed E-state index contributed by atoms with van der Waals surface area (Å²) in [4.78, 5) is 14.3. The van der Waals surface area contributed by atoms with Crippen LogP contribution >= 0.6 is 11.3 Å². The maximum atomic E-state index is 9.37. The Morgan fingerprint density at radius 2 is 1.96 bits per heavy atom. The van der Waals surface area contributed by atoms with Gasteiger partial charge in [0.1, 0.15) is 11.6 Å². The molecule has 0 fully saturated rings. The fourth-order valence-corrected chi connectivity index (χ4v) is 2.77. The minimum atomic E-state index is 0.239. The summed E-state index contributed by atoms with van der Waals surface area (Å²) in [6, 6.07) is 11.4. The number of hydrogen-bond donors (Lipinski definition) is 2. The molecular weight excluding hydrogens is 324 g/mol. The predicted octanol–water partition coefficient (Wildman–Crippen LogP) is 3.24. The largest absolute Gasteiger partial charge is 0.508 e. The number of phenolic OH excluding ortho intramolecular Hbond substituents is 1. The second kappa shape index (κ2) is 7.74. The maximum absolute atomic E-state index is 9.37. The predicted molar refractivity (Wildman–Crippen MR) is 93.6 cm³/mol. The van der Waals surface area contributed by atoms with Crippen LogP contribution in [0, 0.1) is 0 Å². The first-order valence-electron chi connectivity index (χ1n) is 7.65. The molecule has 0 spiro atoms. The number of aromatic nitrogens is 3. The molecule has 6 nitrogen and oxygen atoms in total. The lowest BCUT2D eigenvalue weighted by atomic mass is 10.1. The van der Waals surface area contributed by atoms with Crippen LogP contribution in [0.25, 0.3) is 0 Å². The summed E-state index contributed by atoms with van der Waals surface area (Å²) in [6.45, 7) is 3.04. The zero-order chi connectivity index (χ0) is 16.8. The Hall–Kier alpha value is -2.67. The van der Waals surface area contributed by atoms with E-state index in [1.54, 1.807) is 23.5 Å². The molecule has 1 aromatic carbocycles. The van der Waals surface area contributed by atoms with Crippen molar-refractivity contribution in [3.05, 3.63) is 58.0 Å². The van der Waals surface area contributed by atoms with Gasteiger partial charge >= 0.3 is 6.01 Å². The monoisotopic (exact) mass is 342 g/mol. The highest BCUT2D eigenvalue weighted by Crippen LogP contribution is 2.16. The molecule has 3 rings (SSSR count). The van der Waals surface area contributed by atoms with Gasteiger partial charge < -0.3 is 15.2 Å². The zero-order valence-corrected chi connectivity index (χ0v) is 14.1. The quantitative estimate of drug-likeness (QED) is 0.686. The van der Waals surface area contributed by atoms with E-state index in [-0.39, 0.29) is 5.75 Å². The molecule has 0 unspecified atom stereocenters. The Morgan fingerprint density at radius 3 is 2.67 bits per heavy atom. The summed E-state index contributed by atoms with van der Waals surface area (Å²) in [5, 5.41) is 14.6. The number of aromatic hydroxyl groups is 1. The highest BCUT2D eigenvalue weighted by Gasteiger charge is 2.09. The SMILES string of the molecule is CCOc1nc(Cc2ccc(O)cc2)nc(NCc2cccs2)n1. The van der Waals surface area contributed by atoms with Crippen LogP contribution in [-0.4, -0.2) is 26.7 Å². The lowest BCUT2D eigenvalue weighted by Crippen LogP contribution is -2.09. The van der Waals surface area contributed by atoms with Gasteiger partial charge in [-0.25, -0.2) is 0 Å². The van der Waals surface area contributed by atoms with Crippen molar-refractivity contribution in [3.63, 3.8) is 0 Å². The molecule has 0 saturated carbocycles. The fraction of sp³-hybridized carbons (Fsp3) is 0.235. The van der Waals surface area contributed by atoms with Gasteiger partial charge in [0.25, 0.3) is 0 Å². The third-order valence-electron chi connectivity index (χ3n) is 3.23. The zero-order valence-electron chi connectivity index (χ0n) is 13.3. The molecule has 2 N–H and O–H groups in total. The topological polar surface area (TPSA) is 80.2 Å². The van der Waals surface area contributed by atoms with E-state index in [1.807, 2.05) is 30.5 Å². The summed E-state index contributed by atoms with van der Waals surface area (Å²) >= 11 is 1.68. The van der Waals surface area contributed by atoms with Crippen LogP contribution in [0.1, 0.15) is 23.2 Å². The van der Waals surface area contributed by atoms with Crippen LogP contribution in [0.3, 0.4) is 0 Å². The van der Waals surface area contributed by atoms with Gasteiger partial charge in [0.15, 0.2) is 0 Å². The second-order valence-corrected chi connectivity index (χ2v) is 6.10. The van der Waals surface area contributed by atoms with Crippen molar-refractivity contribution in [3.8, 4) is 11.8 Å². The minimum Gasteiger partial charge on any atom is -0.508 e. The van der Waals surface area contributed by atoms with Crippen LogP contribution in [0.5, 0.6) is 11.8 Å². The van der Waals surface area contributed by atoms with E-state index in [2.05, 4.69) is 26.3 Å². The van der Waals surface area contributed by atoms with Crippen LogP contribution in [-0.2, 0) is 13.0 Å². The first-order valence-corrected chi connectivity index (χ1v) is 8.53. The summed E-state index contributed by atoms with van der Waals surface area (Å²) in [7, 11) is 0. The van der Waals surface area contributed by atoms with Crippen LogP contribution in [0.4, 0.5) is 5.95 Å². The third kappa shape index (κ3) is 4.42. The average molecular weight is 342 g/mol. The summed E-state index contributed by atoms with van der Waals surface area (Å²) in [5.74, 6) is 1.35. The van der Waals surface area contributed by atoms with Gasteiger partial charge in [0, 0.05) is 11.3 Å². The highest BCUT2D eigenvalue weighted by molar-refractivity contribution is 7.09. The number of thiophene rings is 1. The maximum Gasteiger partial charge on any atom is 0.321 e. The molecule has 0 aliphatic rings. The standard InChI is InChI=1S/C17H18N4O2S/c1-2-23-17-20-15(10-12-5-7-13(22)8-6-12)19-16(21-17)18-11-14-4-3-9-24-14/h3-9,22H,2,10-11H2,1H3,(H,18,19,20,21). The summed E-state index contributed by atoms with van der Waals surface area (Å²) < 4.78 is 5.44. The molecule has 0 bridgehead atoms. The molecule has 3 aromatic rings. The van der Waals surface area contributed by atoms with Crippen molar-refractivity contribution in [2.24, 2.45) is 0 Å². The normalized spacial score (nSPS) is 10.5. The van der Waals surface area contributed by atoms with Gasteiger partial charge in [0.2, 0.25) is 5.95 Å². The van der Waals surface area contributed by atoms with Crippen molar-refractivity contribution in [1.82, 2.24) is 15.0 Å². The van der Waals surface area contributed by atoms with Crippen LogP contribution in [0.15, 0.2) is 41.8 Å². The van der Waals surface area contributed by atoms with Crippen molar-refractivity contribution in [1.29, 1.82) is 0 Å². The van der Waals surface area contributed by atoms with Gasteiger partial charge in [-0.05, 0) is 36.1 Å². The van der Waals surface area contributed by atoms with E-state index in [0.29, 0.717) is 37.4 Å². The number of rotatable bonds is 7. The smallest absolute Gasteiger partial charge is 0.321 e. The third-order valence-corrected chi connectivity index (χ3v) is 4.11. The van der Waals surface area contributed by atoms with Crippen molar-refractivity contribution >= 4 is 17.3 Å². The molecule has 2 heterocycles. The molecule has 0 saturated heterocycles. The van der Waals surface area contributed by atoms with Crippen molar-refractivity contribution in [2.75, 3.05) is 11.9 Å². The van der Waals surface area contributed by atoms with E-state index in [0.717, 1.165) is 5.56 Å². The molecule has 0 atom stereocenters. The van der Waals surface area contributed by atoms with Crippen molar-refractivity contribution in [2.45, 2.75) is 19.9 Å².